The summed E-state index contributed by atoms with van der Waals surface area (Å²) in [4.78, 5) is 29.6. The van der Waals surface area contributed by atoms with E-state index in [1.54, 1.807) is 31.2 Å². The van der Waals surface area contributed by atoms with Gasteiger partial charge in [0.25, 0.3) is 0 Å². The molecule has 7 heteroatoms. The fourth-order valence-electron chi connectivity index (χ4n) is 3.01. The molecule has 0 spiro atoms. The monoisotopic (exact) mass is 354 g/mol. The van der Waals surface area contributed by atoms with Gasteiger partial charge in [-0.1, -0.05) is 17.3 Å². The molecule has 2 amide bonds. The van der Waals surface area contributed by atoms with E-state index in [1.165, 1.54) is 6.92 Å². The Balaban J connectivity index is 1.60. The van der Waals surface area contributed by atoms with E-state index >= 15 is 0 Å². The van der Waals surface area contributed by atoms with Gasteiger partial charge in [-0.25, -0.2) is 0 Å². The van der Waals surface area contributed by atoms with Gasteiger partial charge in [-0.3, -0.25) is 9.59 Å². The summed E-state index contributed by atoms with van der Waals surface area (Å²) in [5.41, 5.74) is 1.63. The number of likely N-dealkylation sites (tertiary alicyclic amines) is 1. The molecule has 1 fully saturated rings. The zero-order valence-corrected chi connectivity index (χ0v) is 14.9. The predicted octanol–water partition coefficient (Wildman–Crippen LogP) is 2.76. The van der Waals surface area contributed by atoms with Crippen molar-refractivity contribution in [2.24, 2.45) is 0 Å². The fourth-order valence-corrected chi connectivity index (χ4v) is 3.01. The van der Waals surface area contributed by atoms with E-state index in [1.807, 2.05) is 17.0 Å². The average Bonchev–Trinajstić information content (AvgIpc) is 3.07. The minimum Gasteiger partial charge on any atom is -0.339 e. The van der Waals surface area contributed by atoms with Gasteiger partial charge in [0.15, 0.2) is 5.82 Å². The summed E-state index contributed by atoms with van der Waals surface area (Å²) < 4.78 is 5.25. The third kappa shape index (κ3) is 4.56. The van der Waals surface area contributed by atoms with Crippen molar-refractivity contribution < 1.29 is 14.1 Å². The van der Waals surface area contributed by atoms with Crippen LogP contribution in [0.4, 0.5) is 5.69 Å². The Kier molecular flexibility index (Phi) is 5.46. The molecule has 0 radical (unpaired) electrons. The van der Waals surface area contributed by atoms with Crippen LogP contribution in [0.25, 0.3) is 6.08 Å². The molecule has 1 saturated heterocycles. The van der Waals surface area contributed by atoms with Crippen LogP contribution in [-0.2, 0) is 9.59 Å². The number of amides is 2. The highest BCUT2D eigenvalue weighted by Gasteiger charge is 2.27. The lowest BCUT2D eigenvalue weighted by molar-refractivity contribution is -0.127. The lowest BCUT2D eigenvalue weighted by Gasteiger charge is -2.30. The summed E-state index contributed by atoms with van der Waals surface area (Å²) in [5, 5.41) is 6.55. The Morgan fingerprint density at radius 2 is 2.08 bits per heavy atom. The topological polar surface area (TPSA) is 88.3 Å². The number of carbonyl (C=O) groups is 2. The molecule has 0 bridgehead atoms. The second-order valence-electron chi connectivity index (χ2n) is 6.44. The van der Waals surface area contributed by atoms with Gasteiger partial charge in [0.1, 0.15) is 0 Å². The van der Waals surface area contributed by atoms with Gasteiger partial charge in [-0.05, 0) is 43.5 Å². The Morgan fingerprint density at radius 3 is 2.73 bits per heavy atom. The third-order valence-corrected chi connectivity index (χ3v) is 4.27. The van der Waals surface area contributed by atoms with E-state index in [0.29, 0.717) is 18.3 Å². The van der Waals surface area contributed by atoms with Crippen molar-refractivity contribution in [2.75, 3.05) is 18.4 Å². The molecule has 1 aliphatic rings. The van der Waals surface area contributed by atoms with Crippen LogP contribution in [0.3, 0.4) is 0 Å². The number of aromatic nitrogens is 2. The van der Waals surface area contributed by atoms with Crippen LogP contribution in [0.2, 0.25) is 0 Å². The van der Waals surface area contributed by atoms with Crippen molar-refractivity contribution >= 4 is 23.6 Å². The second kappa shape index (κ2) is 7.95. The maximum Gasteiger partial charge on any atom is 0.246 e. The van der Waals surface area contributed by atoms with Crippen LogP contribution in [-0.4, -0.2) is 39.9 Å². The molecule has 0 saturated carbocycles. The standard InChI is InChI=1S/C19H22N4O3/c1-13-20-19(26-22-13)16-4-3-11-23(12-16)18(25)10-7-15-5-8-17(9-6-15)21-14(2)24/h5-10,16H,3-4,11-12H2,1-2H3,(H,21,24). The van der Waals surface area contributed by atoms with E-state index in [-0.39, 0.29) is 17.7 Å². The minimum atomic E-state index is -0.112. The first-order chi connectivity index (χ1) is 12.5. The maximum atomic E-state index is 12.5. The molecule has 7 nitrogen and oxygen atoms in total. The first-order valence-corrected chi connectivity index (χ1v) is 8.66. The van der Waals surface area contributed by atoms with Crippen LogP contribution < -0.4 is 5.32 Å². The first kappa shape index (κ1) is 17.8. The Bertz CT molecular complexity index is 810. The number of benzene rings is 1. The molecule has 1 aliphatic heterocycles. The maximum absolute atomic E-state index is 12.5. The second-order valence-corrected chi connectivity index (χ2v) is 6.44. The number of carbonyl (C=O) groups excluding carboxylic acids is 2. The van der Waals surface area contributed by atoms with Crippen molar-refractivity contribution in [1.82, 2.24) is 15.0 Å². The highest BCUT2D eigenvalue weighted by atomic mass is 16.5. The van der Waals surface area contributed by atoms with E-state index in [0.717, 1.165) is 30.6 Å². The van der Waals surface area contributed by atoms with Gasteiger partial charge in [0, 0.05) is 31.8 Å². The van der Waals surface area contributed by atoms with E-state index < -0.39 is 0 Å². The van der Waals surface area contributed by atoms with Crippen molar-refractivity contribution in [3.05, 3.63) is 47.6 Å². The van der Waals surface area contributed by atoms with E-state index in [9.17, 15) is 9.59 Å². The molecular weight excluding hydrogens is 332 g/mol. The molecule has 1 unspecified atom stereocenters. The highest BCUT2D eigenvalue weighted by Crippen LogP contribution is 2.25. The molecule has 1 aromatic carbocycles. The summed E-state index contributed by atoms with van der Waals surface area (Å²) in [6.07, 6.45) is 5.21. The largest absolute Gasteiger partial charge is 0.339 e. The SMILES string of the molecule is CC(=O)Nc1ccc(C=CC(=O)N2CCCC(c3nc(C)no3)C2)cc1. The van der Waals surface area contributed by atoms with E-state index in [4.69, 9.17) is 4.52 Å². The molecule has 1 atom stereocenters. The van der Waals surface area contributed by atoms with E-state index in [2.05, 4.69) is 15.5 Å². The number of hydrogen-bond acceptors (Lipinski definition) is 5. The third-order valence-electron chi connectivity index (χ3n) is 4.27. The first-order valence-electron chi connectivity index (χ1n) is 8.66. The molecule has 136 valence electrons. The average molecular weight is 354 g/mol. The van der Waals surface area contributed by atoms with Crippen LogP contribution in [0.1, 0.15) is 43.0 Å². The normalized spacial score (nSPS) is 17.5. The number of anilines is 1. The minimum absolute atomic E-state index is 0.0307. The van der Waals surface area contributed by atoms with Crippen LogP contribution in [0.5, 0.6) is 0 Å². The number of piperidine rings is 1. The zero-order chi connectivity index (χ0) is 18.5. The van der Waals surface area contributed by atoms with Gasteiger partial charge >= 0.3 is 0 Å². The molecule has 1 N–H and O–H groups in total. The van der Waals surface area contributed by atoms with Gasteiger partial charge in [0.2, 0.25) is 17.7 Å². The quantitative estimate of drug-likeness (QED) is 0.853. The molecule has 0 aliphatic carbocycles. The molecule has 2 heterocycles. The zero-order valence-electron chi connectivity index (χ0n) is 14.9. The summed E-state index contributed by atoms with van der Waals surface area (Å²) in [7, 11) is 0. The van der Waals surface area contributed by atoms with Crippen molar-refractivity contribution in [3.63, 3.8) is 0 Å². The number of aryl methyl sites for hydroxylation is 1. The predicted molar refractivity (Wildman–Crippen MR) is 97.4 cm³/mol. The fraction of sp³-hybridized carbons (Fsp3) is 0.368. The number of hydrogen-bond donors (Lipinski definition) is 1. The molecule has 26 heavy (non-hydrogen) atoms. The Morgan fingerprint density at radius 1 is 1.31 bits per heavy atom. The number of rotatable bonds is 4. The summed E-state index contributed by atoms with van der Waals surface area (Å²) in [5.74, 6) is 1.18. The lowest BCUT2D eigenvalue weighted by Crippen LogP contribution is -2.38. The van der Waals surface area contributed by atoms with Crippen LogP contribution in [0.15, 0.2) is 34.9 Å². The van der Waals surface area contributed by atoms with Crippen molar-refractivity contribution in [1.29, 1.82) is 0 Å². The van der Waals surface area contributed by atoms with Crippen LogP contribution in [0, 0.1) is 6.92 Å². The molecule has 2 aromatic rings. The molecule has 1 aromatic heterocycles. The van der Waals surface area contributed by atoms with Crippen LogP contribution >= 0.6 is 0 Å². The number of nitrogens with one attached hydrogen (secondary N) is 1. The summed E-state index contributed by atoms with van der Waals surface area (Å²) >= 11 is 0. The van der Waals surface area contributed by atoms with Crippen molar-refractivity contribution in [3.8, 4) is 0 Å². The number of nitrogens with zero attached hydrogens (tertiary/aromatic N) is 3. The molecule has 3 rings (SSSR count). The Hall–Kier alpha value is -2.96. The van der Waals surface area contributed by atoms with Crippen molar-refractivity contribution in [2.45, 2.75) is 32.6 Å². The summed E-state index contributed by atoms with van der Waals surface area (Å²) in [6.45, 7) is 4.58. The van der Waals surface area contributed by atoms with Gasteiger partial charge < -0.3 is 14.7 Å². The summed E-state index contributed by atoms with van der Waals surface area (Å²) in [6, 6.07) is 7.32. The highest BCUT2D eigenvalue weighted by molar-refractivity contribution is 5.92. The lowest BCUT2D eigenvalue weighted by atomic mass is 9.98. The van der Waals surface area contributed by atoms with Gasteiger partial charge in [0.05, 0.1) is 5.92 Å². The van der Waals surface area contributed by atoms with Gasteiger partial charge in [-0.15, -0.1) is 0 Å². The molecular formula is C19H22N4O3. The smallest absolute Gasteiger partial charge is 0.246 e. The van der Waals surface area contributed by atoms with Gasteiger partial charge in [-0.2, -0.15) is 4.98 Å². The Labute approximate surface area is 152 Å².